The third kappa shape index (κ3) is 1.60. The number of rotatable bonds is 2. The second-order valence-corrected chi connectivity index (χ2v) is 4.29. The maximum Gasteiger partial charge on any atom is 0.159 e. The summed E-state index contributed by atoms with van der Waals surface area (Å²) in [6, 6.07) is 10.4. The monoisotopic (exact) mass is 210 g/mol. The van der Waals surface area contributed by atoms with E-state index in [1.165, 1.54) is 30.4 Å². The molecule has 3 rings (SSSR count). The number of nitrogens with zero attached hydrogens (tertiary/aromatic N) is 2. The summed E-state index contributed by atoms with van der Waals surface area (Å²) in [5.41, 5.74) is 2.62. The van der Waals surface area contributed by atoms with Crippen molar-refractivity contribution in [1.82, 2.24) is 9.97 Å². The molecule has 1 aromatic carbocycles. The molecule has 2 aromatic rings. The maximum absolute atomic E-state index is 4.34. The Bertz CT molecular complexity index is 475. The lowest BCUT2D eigenvalue weighted by Gasteiger charge is -2.27. The van der Waals surface area contributed by atoms with E-state index in [-0.39, 0.29) is 0 Å². The molecular formula is C14H14N2. The van der Waals surface area contributed by atoms with Gasteiger partial charge in [0, 0.05) is 18.0 Å². The van der Waals surface area contributed by atoms with E-state index in [2.05, 4.69) is 34.2 Å². The second kappa shape index (κ2) is 4.05. The van der Waals surface area contributed by atoms with E-state index in [9.17, 15) is 0 Å². The molecule has 1 saturated carbocycles. The third-order valence-electron chi connectivity index (χ3n) is 3.31. The van der Waals surface area contributed by atoms with Crippen molar-refractivity contribution >= 4 is 0 Å². The Labute approximate surface area is 95.4 Å². The first-order valence-electron chi connectivity index (χ1n) is 5.81. The van der Waals surface area contributed by atoms with Crippen molar-refractivity contribution in [2.45, 2.75) is 25.2 Å². The maximum atomic E-state index is 4.34. The van der Waals surface area contributed by atoms with Crippen LogP contribution in [0.1, 0.15) is 30.7 Å². The summed E-state index contributed by atoms with van der Waals surface area (Å²) < 4.78 is 0. The lowest BCUT2D eigenvalue weighted by Crippen LogP contribution is -2.10. The van der Waals surface area contributed by atoms with Crippen LogP contribution < -0.4 is 0 Å². The van der Waals surface area contributed by atoms with Crippen LogP contribution in [0.25, 0.3) is 11.4 Å². The zero-order valence-electron chi connectivity index (χ0n) is 9.13. The molecule has 0 saturated heterocycles. The zero-order chi connectivity index (χ0) is 10.8. The molecule has 16 heavy (non-hydrogen) atoms. The van der Waals surface area contributed by atoms with E-state index in [1.807, 2.05) is 6.07 Å². The van der Waals surface area contributed by atoms with Crippen LogP contribution in [0.2, 0.25) is 0 Å². The Balaban J connectivity index is 2.06. The Kier molecular flexibility index (Phi) is 2.41. The van der Waals surface area contributed by atoms with E-state index < -0.39 is 0 Å². The molecule has 1 aromatic heterocycles. The molecule has 1 fully saturated rings. The fourth-order valence-corrected chi connectivity index (χ4v) is 2.21. The highest BCUT2D eigenvalue weighted by molar-refractivity contribution is 5.61. The number of hydrogen-bond acceptors (Lipinski definition) is 2. The first-order chi connectivity index (χ1) is 7.95. The fourth-order valence-electron chi connectivity index (χ4n) is 2.21. The number of hydrogen-bond donors (Lipinski definition) is 0. The molecule has 0 N–H and O–H groups in total. The summed E-state index contributed by atoms with van der Waals surface area (Å²) in [6.07, 6.45) is 7.59. The molecule has 0 spiro atoms. The molecule has 0 amide bonds. The normalized spacial score (nSPS) is 15.8. The lowest BCUT2D eigenvalue weighted by molar-refractivity contribution is 0.420. The summed E-state index contributed by atoms with van der Waals surface area (Å²) in [7, 11) is 0. The molecule has 80 valence electrons. The van der Waals surface area contributed by atoms with Crippen LogP contribution >= 0.6 is 0 Å². The van der Waals surface area contributed by atoms with Gasteiger partial charge in [0.05, 0.1) is 0 Å². The van der Waals surface area contributed by atoms with Crippen LogP contribution in [-0.2, 0) is 0 Å². The molecule has 0 unspecified atom stereocenters. The highest BCUT2D eigenvalue weighted by atomic mass is 14.9. The molecule has 0 atom stereocenters. The molecule has 0 aliphatic heterocycles. The minimum Gasteiger partial charge on any atom is -0.237 e. The summed E-state index contributed by atoms with van der Waals surface area (Å²) >= 11 is 0. The van der Waals surface area contributed by atoms with Crippen molar-refractivity contribution in [2.75, 3.05) is 0 Å². The number of aromatic nitrogens is 2. The van der Waals surface area contributed by atoms with Crippen LogP contribution in [0.5, 0.6) is 0 Å². The Morgan fingerprint density at radius 1 is 0.938 bits per heavy atom. The average Bonchev–Trinajstić information content (AvgIpc) is 2.29. The number of benzene rings is 1. The summed E-state index contributed by atoms with van der Waals surface area (Å²) in [5.74, 6) is 1.57. The third-order valence-corrected chi connectivity index (χ3v) is 3.31. The average molecular weight is 210 g/mol. The van der Waals surface area contributed by atoms with Crippen molar-refractivity contribution in [1.29, 1.82) is 0 Å². The quantitative estimate of drug-likeness (QED) is 0.759. The largest absolute Gasteiger partial charge is 0.237 e. The van der Waals surface area contributed by atoms with Crippen LogP contribution in [0.4, 0.5) is 0 Å². The van der Waals surface area contributed by atoms with E-state index >= 15 is 0 Å². The zero-order valence-corrected chi connectivity index (χ0v) is 9.13. The molecule has 0 radical (unpaired) electrons. The Morgan fingerprint density at radius 3 is 2.38 bits per heavy atom. The Morgan fingerprint density at radius 2 is 1.69 bits per heavy atom. The van der Waals surface area contributed by atoms with Gasteiger partial charge < -0.3 is 0 Å². The topological polar surface area (TPSA) is 25.8 Å². The van der Waals surface area contributed by atoms with Gasteiger partial charge in [0.15, 0.2) is 5.82 Å². The van der Waals surface area contributed by atoms with Gasteiger partial charge in [-0.05, 0) is 30.4 Å². The summed E-state index contributed by atoms with van der Waals surface area (Å²) in [6.45, 7) is 0. The summed E-state index contributed by atoms with van der Waals surface area (Å²) in [4.78, 5) is 8.68. The molecule has 1 aliphatic carbocycles. The van der Waals surface area contributed by atoms with Gasteiger partial charge in [-0.2, -0.15) is 0 Å². The first kappa shape index (κ1) is 9.52. The van der Waals surface area contributed by atoms with Crippen LogP contribution in [0.3, 0.4) is 0 Å². The van der Waals surface area contributed by atoms with Gasteiger partial charge in [0.2, 0.25) is 0 Å². The van der Waals surface area contributed by atoms with Gasteiger partial charge in [0.25, 0.3) is 0 Å². The van der Waals surface area contributed by atoms with E-state index in [0.717, 1.165) is 11.7 Å². The molecule has 2 heteroatoms. The highest BCUT2D eigenvalue weighted by Crippen LogP contribution is 2.40. The van der Waals surface area contributed by atoms with Gasteiger partial charge >= 0.3 is 0 Å². The summed E-state index contributed by atoms with van der Waals surface area (Å²) in [5, 5.41) is 0. The Hall–Kier alpha value is -1.70. The smallest absolute Gasteiger partial charge is 0.159 e. The van der Waals surface area contributed by atoms with Crippen molar-refractivity contribution in [3.8, 4) is 11.4 Å². The minimum absolute atomic E-state index is 0.722. The van der Waals surface area contributed by atoms with Crippen molar-refractivity contribution < 1.29 is 0 Å². The molecule has 1 heterocycles. The fraction of sp³-hybridized carbons (Fsp3) is 0.286. The van der Waals surface area contributed by atoms with Crippen molar-refractivity contribution in [2.24, 2.45) is 0 Å². The highest BCUT2D eigenvalue weighted by Gasteiger charge is 2.22. The molecule has 0 bridgehead atoms. The van der Waals surface area contributed by atoms with Gasteiger partial charge in [-0.15, -0.1) is 0 Å². The predicted molar refractivity (Wildman–Crippen MR) is 64.1 cm³/mol. The second-order valence-electron chi connectivity index (χ2n) is 4.29. The van der Waals surface area contributed by atoms with E-state index in [0.29, 0.717) is 0 Å². The molecular weight excluding hydrogens is 196 g/mol. The lowest BCUT2D eigenvalue weighted by atomic mass is 9.78. The standard InChI is InChI=1S/C14H14N2/c1-2-8-13(14-15-9-4-10-16-14)12(7-1)11-5-3-6-11/h1-2,4,7-11H,3,5-6H2. The van der Waals surface area contributed by atoms with Crippen LogP contribution in [0, 0.1) is 0 Å². The molecule has 2 nitrogen and oxygen atoms in total. The molecule has 1 aliphatic rings. The van der Waals surface area contributed by atoms with Gasteiger partial charge in [-0.3, -0.25) is 0 Å². The van der Waals surface area contributed by atoms with Gasteiger partial charge in [-0.1, -0.05) is 30.7 Å². The van der Waals surface area contributed by atoms with Crippen molar-refractivity contribution in [3.05, 3.63) is 48.3 Å². The SMILES string of the molecule is c1cnc(-c2ccccc2C2CCC2)nc1. The minimum atomic E-state index is 0.722. The van der Waals surface area contributed by atoms with E-state index in [4.69, 9.17) is 0 Å². The van der Waals surface area contributed by atoms with Crippen molar-refractivity contribution in [3.63, 3.8) is 0 Å². The predicted octanol–water partition coefficient (Wildman–Crippen LogP) is 3.41. The van der Waals surface area contributed by atoms with Crippen LogP contribution in [0.15, 0.2) is 42.7 Å². The van der Waals surface area contributed by atoms with Gasteiger partial charge in [-0.25, -0.2) is 9.97 Å². The first-order valence-corrected chi connectivity index (χ1v) is 5.81. The van der Waals surface area contributed by atoms with Gasteiger partial charge in [0.1, 0.15) is 0 Å². The van der Waals surface area contributed by atoms with E-state index in [1.54, 1.807) is 12.4 Å². The van der Waals surface area contributed by atoms with Crippen LogP contribution in [-0.4, -0.2) is 9.97 Å².